The summed E-state index contributed by atoms with van der Waals surface area (Å²) in [4.78, 5) is 4.19. The fraction of sp³-hybridized carbons (Fsp3) is 0.571. The van der Waals surface area contributed by atoms with E-state index in [9.17, 15) is 0 Å². The SMILES string of the molecule is CCCCC(CC)COc1cccc(C(=N)N)n1. The Hall–Kier alpha value is -1.58. The molecule has 1 aromatic rings. The van der Waals surface area contributed by atoms with Crippen molar-refractivity contribution in [2.24, 2.45) is 11.7 Å². The first-order chi connectivity index (χ1) is 8.67. The lowest BCUT2D eigenvalue weighted by atomic mass is 10.0. The number of unbranched alkanes of at least 4 members (excludes halogenated alkanes) is 1. The maximum absolute atomic E-state index is 7.34. The Morgan fingerprint density at radius 2 is 2.22 bits per heavy atom. The maximum atomic E-state index is 7.34. The monoisotopic (exact) mass is 249 g/mol. The van der Waals surface area contributed by atoms with Gasteiger partial charge in [0.1, 0.15) is 11.5 Å². The lowest BCUT2D eigenvalue weighted by Gasteiger charge is -2.15. The fourth-order valence-electron chi connectivity index (χ4n) is 1.75. The van der Waals surface area contributed by atoms with Crippen LogP contribution in [0.5, 0.6) is 5.88 Å². The fourth-order valence-corrected chi connectivity index (χ4v) is 1.75. The van der Waals surface area contributed by atoms with Crippen LogP contribution in [-0.4, -0.2) is 17.4 Å². The zero-order chi connectivity index (χ0) is 13.4. The molecule has 18 heavy (non-hydrogen) atoms. The van der Waals surface area contributed by atoms with Crippen LogP contribution in [0.3, 0.4) is 0 Å². The van der Waals surface area contributed by atoms with Gasteiger partial charge in [-0.25, -0.2) is 4.98 Å². The van der Waals surface area contributed by atoms with E-state index in [0.717, 1.165) is 6.42 Å². The number of nitrogen functional groups attached to an aromatic ring is 1. The Kier molecular flexibility index (Phi) is 6.19. The second kappa shape index (κ2) is 7.69. The van der Waals surface area contributed by atoms with Crippen LogP contribution in [0.25, 0.3) is 0 Å². The van der Waals surface area contributed by atoms with E-state index in [4.69, 9.17) is 15.9 Å². The third-order valence-electron chi connectivity index (χ3n) is 3.01. The summed E-state index contributed by atoms with van der Waals surface area (Å²) in [5.41, 5.74) is 5.86. The van der Waals surface area contributed by atoms with Gasteiger partial charge in [0.25, 0.3) is 0 Å². The van der Waals surface area contributed by atoms with Crippen LogP contribution < -0.4 is 10.5 Å². The number of hydrogen-bond acceptors (Lipinski definition) is 3. The lowest BCUT2D eigenvalue weighted by molar-refractivity contribution is 0.226. The molecule has 1 unspecified atom stereocenters. The van der Waals surface area contributed by atoms with Crippen molar-refractivity contribution < 1.29 is 4.74 Å². The van der Waals surface area contributed by atoms with E-state index in [1.54, 1.807) is 12.1 Å². The number of nitrogens with one attached hydrogen (secondary N) is 1. The molecule has 100 valence electrons. The molecule has 0 amide bonds. The second-order valence-electron chi connectivity index (χ2n) is 4.50. The topological polar surface area (TPSA) is 72.0 Å². The number of aromatic nitrogens is 1. The number of amidine groups is 1. The molecule has 0 saturated carbocycles. The first-order valence-corrected chi connectivity index (χ1v) is 6.61. The molecule has 0 aliphatic heterocycles. The molecule has 0 fully saturated rings. The van der Waals surface area contributed by atoms with Crippen molar-refractivity contribution in [1.82, 2.24) is 4.98 Å². The third-order valence-corrected chi connectivity index (χ3v) is 3.01. The van der Waals surface area contributed by atoms with Crippen LogP contribution in [0.2, 0.25) is 0 Å². The molecule has 0 aromatic carbocycles. The lowest BCUT2D eigenvalue weighted by Crippen LogP contribution is -2.15. The molecule has 0 bridgehead atoms. The summed E-state index contributed by atoms with van der Waals surface area (Å²) in [6.45, 7) is 5.07. The van der Waals surface area contributed by atoms with Crippen LogP contribution >= 0.6 is 0 Å². The quantitative estimate of drug-likeness (QED) is 0.549. The summed E-state index contributed by atoms with van der Waals surface area (Å²) in [5.74, 6) is 1.10. The standard InChI is InChI=1S/C14H23N3O/c1-3-5-7-11(4-2)10-18-13-9-6-8-12(17-13)14(15)16/h6,8-9,11H,3-5,7,10H2,1-2H3,(H3,15,16). The van der Waals surface area contributed by atoms with Crippen molar-refractivity contribution >= 4 is 5.84 Å². The zero-order valence-corrected chi connectivity index (χ0v) is 11.3. The first-order valence-electron chi connectivity index (χ1n) is 6.61. The Morgan fingerprint density at radius 1 is 1.44 bits per heavy atom. The Bertz CT molecular complexity index is 379. The molecule has 1 aromatic heterocycles. The minimum absolute atomic E-state index is 0.0292. The van der Waals surface area contributed by atoms with E-state index < -0.39 is 0 Å². The van der Waals surface area contributed by atoms with Gasteiger partial charge in [-0.05, 0) is 18.4 Å². The van der Waals surface area contributed by atoms with Gasteiger partial charge in [0, 0.05) is 6.07 Å². The number of pyridine rings is 1. The molecule has 0 aliphatic rings. The largest absolute Gasteiger partial charge is 0.477 e. The van der Waals surface area contributed by atoms with Gasteiger partial charge in [0.15, 0.2) is 0 Å². The van der Waals surface area contributed by atoms with Gasteiger partial charge in [0.2, 0.25) is 5.88 Å². The van der Waals surface area contributed by atoms with Crippen molar-refractivity contribution in [3.05, 3.63) is 23.9 Å². The van der Waals surface area contributed by atoms with E-state index in [0.29, 0.717) is 24.1 Å². The second-order valence-corrected chi connectivity index (χ2v) is 4.50. The number of rotatable bonds is 8. The van der Waals surface area contributed by atoms with Crippen molar-refractivity contribution in [3.8, 4) is 5.88 Å². The predicted octanol–water partition coefficient (Wildman–Crippen LogP) is 2.96. The molecule has 3 N–H and O–H groups in total. The molecule has 4 heteroatoms. The number of nitrogens with zero attached hydrogens (tertiary/aromatic N) is 1. The summed E-state index contributed by atoms with van der Waals surface area (Å²) in [5, 5.41) is 7.34. The van der Waals surface area contributed by atoms with Gasteiger partial charge in [-0.2, -0.15) is 0 Å². The highest BCUT2D eigenvalue weighted by Gasteiger charge is 2.08. The van der Waals surface area contributed by atoms with E-state index >= 15 is 0 Å². The minimum Gasteiger partial charge on any atom is -0.477 e. The number of hydrogen-bond donors (Lipinski definition) is 2. The normalized spacial score (nSPS) is 12.1. The van der Waals surface area contributed by atoms with E-state index in [1.807, 2.05) is 6.07 Å². The molecule has 1 heterocycles. The van der Waals surface area contributed by atoms with Gasteiger partial charge in [-0.3, -0.25) is 5.41 Å². The maximum Gasteiger partial charge on any atom is 0.213 e. The number of nitrogens with two attached hydrogens (primary N) is 1. The van der Waals surface area contributed by atoms with E-state index in [2.05, 4.69) is 18.8 Å². The van der Waals surface area contributed by atoms with E-state index in [-0.39, 0.29) is 5.84 Å². The summed E-state index contributed by atoms with van der Waals surface area (Å²) in [6.07, 6.45) is 4.77. The van der Waals surface area contributed by atoms with Gasteiger partial charge in [-0.1, -0.05) is 39.2 Å². The van der Waals surface area contributed by atoms with Crippen molar-refractivity contribution in [1.29, 1.82) is 5.41 Å². The highest BCUT2D eigenvalue weighted by atomic mass is 16.5. The predicted molar refractivity (Wildman–Crippen MR) is 74.1 cm³/mol. The van der Waals surface area contributed by atoms with Crippen LogP contribution in [0.15, 0.2) is 18.2 Å². The molecule has 0 radical (unpaired) electrons. The average Bonchev–Trinajstić information content (AvgIpc) is 2.39. The Balaban J connectivity index is 2.51. The molecule has 0 aliphatic carbocycles. The first kappa shape index (κ1) is 14.5. The molecule has 4 nitrogen and oxygen atoms in total. The summed E-state index contributed by atoms with van der Waals surface area (Å²) < 4.78 is 5.68. The third kappa shape index (κ3) is 4.73. The van der Waals surface area contributed by atoms with Crippen LogP contribution in [-0.2, 0) is 0 Å². The summed E-state index contributed by atoms with van der Waals surface area (Å²) >= 11 is 0. The smallest absolute Gasteiger partial charge is 0.213 e. The zero-order valence-electron chi connectivity index (χ0n) is 11.3. The minimum atomic E-state index is -0.0292. The van der Waals surface area contributed by atoms with Crippen molar-refractivity contribution in [2.45, 2.75) is 39.5 Å². The van der Waals surface area contributed by atoms with Crippen LogP contribution in [0.4, 0.5) is 0 Å². The molecular formula is C14H23N3O. The molecule has 1 atom stereocenters. The molecule has 1 rings (SSSR count). The Morgan fingerprint density at radius 3 is 2.83 bits per heavy atom. The van der Waals surface area contributed by atoms with Crippen molar-refractivity contribution in [3.63, 3.8) is 0 Å². The van der Waals surface area contributed by atoms with Crippen LogP contribution in [0, 0.1) is 11.3 Å². The van der Waals surface area contributed by atoms with Gasteiger partial charge in [0.05, 0.1) is 6.61 Å². The molecule has 0 spiro atoms. The number of ether oxygens (including phenoxy) is 1. The van der Waals surface area contributed by atoms with E-state index in [1.165, 1.54) is 19.3 Å². The van der Waals surface area contributed by atoms with Crippen LogP contribution in [0.1, 0.15) is 45.2 Å². The van der Waals surface area contributed by atoms with Gasteiger partial charge >= 0.3 is 0 Å². The molecule has 0 saturated heterocycles. The highest BCUT2D eigenvalue weighted by Crippen LogP contribution is 2.15. The summed E-state index contributed by atoms with van der Waals surface area (Å²) in [6, 6.07) is 5.33. The summed E-state index contributed by atoms with van der Waals surface area (Å²) in [7, 11) is 0. The average molecular weight is 249 g/mol. The Labute approximate surface area is 109 Å². The van der Waals surface area contributed by atoms with Crippen molar-refractivity contribution in [2.75, 3.05) is 6.61 Å². The highest BCUT2D eigenvalue weighted by molar-refractivity contribution is 5.93. The van der Waals surface area contributed by atoms with Gasteiger partial charge < -0.3 is 10.5 Å². The molecular weight excluding hydrogens is 226 g/mol. The van der Waals surface area contributed by atoms with Gasteiger partial charge in [-0.15, -0.1) is 0 Å².